The van der Waals surface area contributed by atoms with E-state index >= 15 is 0 Å². The molecule has 2 unspecified atom stereocenters. The minimum absolute atomic E-state index is 0.201. The van der Waals surface area contributed by atoms with Gasteiger partial charge in [-0.3, -0.25) is 9.59 Å². The molecule has 0 aromatic heterocycles. The summed E-state index contributed by atoms with van der Waals surface area (Å²) >= 11 is 0. The number of aliphatic carboxylic acids is 1. The lowest BCUT2D eigenvalue weighted by atomic mass is 10.1. The number of primary amides is 1. The lowest BCUT2D eigenvalue weighted by Gasteiger charge is -2.32. The number of hydrogen-bond acceptors (Lipinski definition) is 3. The van der Waals surface area contributed by atoms with Crippen LogP contribution in [0.15, 0.2) is 0 Å². The molecule has 1 aliphatic carbocycles. The van der Waals surface area contributed by atoms with E-state index < -0.39 is 18.4 Å². The second kappa shape index (κ2) is 4.83. The topological polar surface area (TPSA) is 104 Å². The summed E-state index contributed by atoms with van der Waals surface area (Å²) in [4.78, 5) is 36.5. The Balaban J connectivity index is 2.03. The number of carbonyl (C=O) groups is 3. The zero-order valence-corrected chi connectivity index (χ0v) is 10.0. The van der Waals surface area contributed by atoms with Gasteiger partial charge in [-0.2, -0.15) is 0 Å². The molecule has 1 aliphatic heterocycles. The van der Waals surface area contributed by atoms with Gasteiger partial charge in [0.2, 0.25) is 5.91 Å². The number of nitrogens with zero attached hydrogens (tertiary/aromatic N) is 2. The number of carboxylic acid groups (broad SMARTS) is 1. The largest absolute Gasteiger partial charge is 0.480 e. The van der Waals surface area contributed by atoms with Gasteiger partial charge in [-0.05, 0) is 25.2 Å². The predicted octanol–water partition coefficient (Wildman–Crippen LogP) is -0.537. The van der Waals surface area contributed by atoms with Gasteiger partial charge in [-0.25, -0.2) is 4.79 Å². The van der Waals surface area contributed by atoms with Crippen molar-refractivity contribution in [3.63, 3.8) is 0 Å². The molecule has 7 nitrogen and oxygen atoms in total. The van der Waals surface area contributed by atoms with E-state index in [1.807, 2.05) is 0 Å². The third-order valence-electron chi connectivity index (χ3n) is 3.60. The number of nitrogens with two attached hydrogens (primary N) is 1. The quantitative estimate of drug-likeness (QED) is 0.704. The van der Waals surface area contributed by atoms with Crippen molar-refractivity contribution in [1.29, 1.82) is 0 Å². The molecule has 0 spiro atoms. The van der Waals surface area contributed by atoms with Crippen molar-refractivity contribution in [3.8, 4) is 0 Å². The second-order valence-electron chi connectivity index (χ2n) is 4.98. The Kier molecular flexibility index (Phi) is 3.40. The zero-order chi connectivity index (χ0) is 13.3. The Labute approximate surface area is 105 Å². The first-order valence-corrected chi connectivity index (χ1v) is 6.03. The van der Waals surface area contributed by atoms with Gasteiger partial charge in [0.15, 0.2) is 0 Å². The molecule has 100 valence electrons. The van der Waals surface area contributed by atoms with Gasteiger partial charge in [-0.1, -0.05) is 0 Å². The van der Waals surface area contributed by atoms with Gasteiger partial charge in [0.1, 0.15) is 13.1 Å². The summed E-state index contributed by atoms with van der Waals surface area (Å²) in [6.07, 6.45) is 3.08. The molecular formula is C11H17N3O4. The third kappa shape index (κ3) is 2.55. The van der Waals surface area contributed by atoms with E-state index in [0.717, 1.165) is 24.2 Å². The van der Waals surface area contributed by atoms with Gasteiger partial charge >= 0.3 is 12.0 Å². The Hall–Kier alpha value is -1.79. The van der Waals surface area contributed by atoms with E-state index in [2.05, 4.69) is 0 Å². The molecule has 1 saturated carbocycles. The lowest BCUT2D eigenvalue weighted by molar-refractivity contribution is -0.138. The average molecular weight is 255 g/mol. The number of amides is 3. The summed E-state index contributed by atoms with van der Waals surface area (Å²) in [5, 5.41) is 8.76. The minimum Gasteiger partial charge on any atom is -0.480 e. The number of fused-ring (bicyclic) bond motifs is 2. The molecule has 2 rings (SSSR count). The summed E-state index contributed by atoms with van der Waals surface area (Å²) in [6, 6.07) is -0.185. The Morgan fingerprint density at radius 1 is 1.28 bits per heavy atom. The first-order chi connectivity index (χ1) is 8.47. The molecule has 1 saturated heterocycles. The number of hydrogen-bond donors (Lipinski definition) is 2. The zero-order valence-electron chi connectivity index (χ0n) is 10.0. The molecule has 0 aromatic carbocycles. The highest BCUT2D eigenvalue weighted by atomic mass is 16.4. The van der Waals surface area contributed by atoms with E-state index in [-0.39, 0.29) is 18.6 Å². The van der Waals surface area contributed by atoms with Crippen molar-refractivity contribution < 1.29 is 19.5 Å². The number of urea groups is 1. The van der Waals surface area contributed by atoms with Crippen molar-refractivity contribution in [2.75, 3.05) is 19.6 Å². The molecule has 3 amide bonds. The highest BCUT2D eigenvalue weighted by Crippen LogP contribution is 2.37. The molecule has 18 heavy (non-hydrogen) atoms. The molecule has 2 bridgehead atoms. The van der Waals surface area contributed by atoms with Gasteiger partial charge in [0.05, 0.1) is 0 Å². The van der Waals surface area contributed by atoms with E-state index in [9.17, 15) is 14.4 Å². The van der Waals surface area contributed by atoms with E-state index in [4.69, 9.17) is 10.8 Å². The van der Waals surface area contributed by atoms with Crippen LogP contribution >= 0.6 is 0 Å². The molecule has 1 heterocycles. The highest BCUT2D eigenvalue weighted by molar-refractivity contribution is 5.86. The van der Waals surface area contributed by atoms with Crippen LogP contribution in [0.25, 0.3) is 0 Å². The normalized spacial score (nSPS) is 25.2. The van der Waals surface area contributed by atoms with Crippen LogP contribution in [0.2, 0.25) is 0 Å². The van der Waals surface area contributed by atoms with Crippen molar-refractivity contribution in [2.45, 2.75) is 25.3 Å². The van der Waals surface area contributed by atoms with Crippen molar-refractivity contribution in [3.05, 3.63) is 0 Å². The SMILES string of the molecule is NC(=O)CN(CC(=O)O)C(=O)N1CC2CCC1C2. The van der Waals surface area contributed by atoms with Gasteiger partial charge in [0, 0.05) is 12.6 Å². The molecule has 7 heteroatoms. The van der Waals surface area contributed by atoms with Crippen LogP contribution in [0.4, 0.5) is 4.79 Å². The Bertz CT molecular complexity index is 368. The van der Waals surface area contributed by atoms with Crippen LogP contribution in [-0.4, -0.2) is 58.5 Å². The van der Waals surface area contributed by atoms with E-state index in [0.29, 0.717) is 12.5 Å². The van der Waals surface area contributed by atoms with Crippen LogP contribution in [0, 0.1) is 5.92 Å². The maximum Gasteiger partial charge on any atom is 0.323 e. The minimum atomic E-state index is -1.14. The molecule has 2 fully saturated rings. The average Bonchev–Trinajstić information content (AvgIpc) is 2.87. The molecule has 3 N–H and O–H groups in total. The second-order valence-corrected chi connectivity index (χ2v) is 4.98. The van der Waals surface area contributed by atoms with E-state index in [1.165, 1.54) is 0 Å². The maximum absolute atomic E-state index is 12.2. The molecule has 0 radical (unpaired) electrons. The lowest BCUT2D eigenvalue weighted by Crippen LogP contribution is -2.50. The number of piperidine rings is 1. The van der Waals surface area contributed by atoms with Crippen molar-refractivity contribution in [2.24, 2.45) is 11.7 Å². The van der Waals surface area contributed by atoms with Crippen molar-refractivity contribution >= 4 is 17.9 Å². The molecule has 2 aliphatic rings. The number of rotatable bonds is 4. The van der Waals surface area contributed by atoms with Crippen LogP contribution in [0.5, 0.6) is 0 Å². The monoisotopic (exact) mass is 255 g/mol. The fourth-order valence-corrected chi connectivity index (χ4v) is 2.88. The van der Waals surface area contributed by atoms with Gasteiger partial charge < -0.3 is 20.6 Å². The fraction of sp³-hybridized carbons (Fsp3) is 0.727. The Morgan fingerprint density at radius 3 is 2.44 bits per heavy atom. The van der Waals surface area contributed by atoms with Crippen LogP contribution in [0.1, 0.15) is 19.3 Å². The number of likely N-dealkylation sites (tertiary alicyclic amines) is 1. The molecular weight excluding hydrogens is 238 g/mol. The first kappa shape index (κ1) is 12.7. The predicted molar refractivity (Wildman–Crippen MR) is 61.6 cm³/mol. The van der Waals surface area contributed by atoms with Crippen molar-refractivity contribution in [1.82, 2.24) is 9.80 Å². The molecule has 2 atom stereocenters. The van der Waals surface area contributed by atoms with Crippen LogP contribution in [0.3, 0.4) is 0 Å². The summed E-state index contributed by atoms with van der Waals surface area (Å²) in [5.74, 6) is -1.32. The highest BCUT2D eigenvalue weighted by Gasteiger charge is 2.42. The van der Waals surface area contributed by atoms with Crippen LogP contribution < -0.4 is 5.73 Å². The van der Waals surface area contributed by atoms with Crippen LogP contribution in [-0.2, 0) is 9.59 Å². The summed E-state index contributed by atoms with van der Waals surface area (Å²) < 4.78 is 0. The standard InChI is InChI=1S/C11H17N3O4/c12-9(15)5-13(6-10(16)17)11(18)14-4-7-1-2-8(14)3-7/h7-8H,1-6H2,(H2,12,15)(H,16,17). The first-order valence-electron chi connectivity index (χ1n) is 6.03. The number of carbonyl (C=O) groups excluding carboxylic acids is 2. The maximum atomic E-state index is 12.2. The van der Waals surface area contributed by atoms with Gasteiger partial charge in [-0.15, -0.1) is 0 Å². The number of carboxylic acids is 1. The fourth-order valence-electron chi connectivity index (χ4n) is 2.88. The molecule has 0 aromatic rings. The summed E-state index contributed by atoms with van der Waals surface area (Å²) in [6.45, 7) is -0.174. The van der Waals surface area contributed by atoms with Gasteiger partial charge in [0.25, 0.3) is 0 Å². The summed E-state index contributed by atoms with van der Waals surface area (Å²) in [7, 11) is 0. The smallest absolute Gasteiger partial charge is 0.323 e. The Morgan fingerprint density at radius 2 is 2.00 bits per heavy atom. The third-order valence-corrected chi connectivity index (χ3v) is 3.60. The summed E-state index contributed by atoms with van der Waals surface area (Å²) in [5.41, 5.74) is 5.04. The van der Waals surface area contributed by atoms with E-state index in [1.54, 1.807) is 4.90 Å².